The molecule has 3 aromatic rings. The van der Waals surface area contributed by atoms with Gasteiger partial charge < -0.3 is 15.0 Å². The molecule has 1 aliphatic rings. The fourth-order valence-corrected chi connectivity index (χ4v) is 4.69. The van der Waals surface area contributed by atoms with Gasteiger partial charge in [0.05, 0.1) is 24.1 Å². The average molecular weight is 506 g/mol. The van der Waals surface area contributed by atoms with E-state index in [4.69, 9.17) is 4.74 Å². The predicted octanol–water partition coefficient (Wildman–Crippen LogP) is 2.40. The Bertz CT molecular complexity index is 1330. The zero-order valence-electron chi connectivity index (χ0n) is 21.8. The summed E-state index contributed by atoms with van der Waals surface area (Å²) in [4.78, 5) is 42.3. The summed E-state index contributed by atoms with van der Waals surface area (Å²) >= 11 is 0. The molecule has 0 atom stereocenters. The molecule has 2 aromatic carbocycles. The molecular formula is C28H35N5O4. The van der Waals surface area contributed by atoms with E-state index >= 15 is 0 Å². The van der Waals surface area contributed by atoms with E-state index in [2.05, 4.69) is 52.3 Å². The Balaban J connectivity index is 1.32. The molecule has 0 spiro atoms. The molecule has 2 heterocycles. The van der Waals surface area contributed by atoms with Crippen molar-refractivity contribution in [1.82, 2.24) is 20.0 Å². The van der Waals surface area contributed by atoms with Crippen molar-refractivity contribution in [3.8, 4) is 0 Å². The van der Waals surface area contributed by atoms with Gasteiger partial charge in [0.15, 0.2) is 0 Å². The van der Waals surface area contributed by atoms with E-state index < -0.39 is 5.97 Å². The fraction of sp³-hybridized carbons (Fsp3) is 0.429. The van der Waals surface area contributed by atoms with Crippen LogP contribution >= 0.6 is 0 Å². The van der Waals surface area contributed by atoms with Gasteiger partial charge in [-0.05, 0) is 44.0 Å². The number of piperazine rings is 1. The maximum Gasteiger partial charge on any atom is 0.311 e. The minimum absolute atomic E-state index is 0.0450. The van der Waals surface area contributed by atoms with Crippen LogP contribution in [0.25, 0.3) is 10.8 Å². The summed E-state index contributed by atoms with van der Waals surface area (Å²) in [5, 5.41) is 8.24. The average Bonchev–Trinajstić information content (AvgIpc) is 2.90. The standard InChI is InChI=1S/C28H35N5O4/c1-4-37-27(35)18-24-22-9-5-6-10-23(22)28(36)33(30-24)19-29-26(34)12-13-31-14-16-32(17-15-31)25-11-7-8-20(2)21(25)3/h5-11H,4,12-19H2,1-3H3,(H,29,34). The third kappa shape index (κ3) is 6.35. The first-order valence-electron chi connectivity index (χ1n) is 12.8. The molecule has 1 N–H and O–H groups in total. The SMILES string of the molecule is CCOC(=O)Cc1nn(CNC(=O)CCN2CCN(c3cccc(C)c3C)CC2)c(=O)c2ccccc12. The highest BCUT2D eigenvalue weighted by atomic mass is 16.5. The molecule has 1 amide bonds. The molecule has 1 saturated heterocycles. The molecule has 9 heteroatoms. The number of fused-ring (bicyclic) bond motifs is 1. The van der Waals surface area contributed by atoms with Gasteiger partial charge in [0.25, 0.3) is 5.56 Å². The largest absolute Gasteiger partial charge is 0.466 e. The first-order valence-corrected chi connectivity index (χ1v) is 12.8. The molecule has 37 heavy (non-hydrogen) atoms. The van der Waals surface area contributed by atoms with Crippen LogP contribution in [0.2, 0.25) is 0 Å². The lowest BCUT2D eigenvalue weighted by Gasteiger charge is -2.37. The van der Waals surface area contributed by atoms with E-state index in [-0.39, 0.29) is 31.2 Å². The van der Waals surface area contributed by atoms with Crippen molar-refractivity contribution in [2.75, 3.05) is 44.2 Å². The highest BCUT2D eigenvalue weighted by molar-refractivity contribution is 5.87. The van der Waals surface area contributed by atoms with Gasteiger partial charge in [0, 0.05) is 50.2 Å². The van der Waals surface area contributed by atoms with Crippen molar-refractivity contribution < 1.29 is 14.3 Å². The van der Waals surface area contributed by atoms with Gasteiger partial charge in [-0.3, -0.25) is 19.3 Å². The summed E-state index contributed by atoms with van der Waals surface area (Å²) in [7, 11) is 0. The van der Waals surface area contributed by atoms with E-state index in [0.29, 0.717) is 29.4 Å². The van der Waals surface area contributed by atoms with Crippen LogP contribution in [0.1, 0.15) is 30.2 Å². The van der Waals surface area contributed by atoms with Crippen molar-refractivity contribution in [3.63, 3.8) is 0 Å². The fourth-order valence-electron chi connectivity index (χ4n) is 4.69. The topological polar surface area (TPSA) is 96.8 Å². The number of benzene rings is 2. The molecule has 0 bridgehead atoms. The highest BCUT2D eigenvalue weighted by Gasteiger charge is 2.20. The monoisotopic (exact) mass is 505 g/mol. The number of aryl methyl sites for hydroxylation is 1. The van der Waals surface area contributed by atoms with Crippen molar-refractivity contribution in [2.24, 2.45) is 0 Å². The Morgan fingerprint density at radius 1 is 1.00 bits per heavy atom. The number of carbonyl (C=O) groups is 2. The summed E-state index contributed by atoms with van der Waals surface area (Å²) in [6.45, 7) is 10.5. The molecule has 0 saturated carbocycles. The van der Waals surface area contributed by atoms with Crippen molar-refractivity contribution >= 4 is 28.3 Å². The van der Waals surface area contributed by atoms with Crippen molar-refractivity contribution in [3.05, 3.63) is 69.6 Å². The molecular weight excluding hydrogens is 470 g/mol. The number of anilines is 1. The van der Waals surface area contributed by atoms with Gasteiger partial charge in [0.2, 0.25) is 5.91 Å². The Hall–Kier alpha value is -3.72. The summed E-state index contributed by atoms with van der Waals surface area (Å²) in [5.41, 5.74) is 4.03. The minimum atomic E-state index is -0.410. The quantitative estimate of drug-likeness (QED) is 0.446. The second-order valence-electron chi connectivity index (χ2n) is 9.33. The molecule has 0 aliphatic carbocycles. The third-order valence-corrected chi connectivity index (χ3v) is 6.93. The Labute approximate surface area is 217 Å². The number of amides is 1. The molecule has 1 aliphatic heterocycles. The summed E-state index contributed by atoms with van der Waals surface area (Å²) < 4.78 is 6.26. The number of aromatic nitrogens is 2. The van der Waals surface area contributed by atoms with E-state index in [1.165, 1.54) is 21.5 Å². The van der Waals surface area contributed by atoms with Gasteiger partial charge in [0.1, 0.15) is 6.67 Å². The van der Waals surface area contributed by atoms with Crippen LogP contribution in [0.3, 0.4) is 0 Å². The molecule has 1 fully saturated rings. The normalized spacial score (nSPS) is 14.1. The van der Waals surface area contributed by atoms with E-state index in [0.717, 1.165) is 26.2 Å². The van der Waals surface area contributed by atoms with Gasteiger partial charge in [-0.25, -0.2) is 4.68 Å². The van der Waals surface area contributed by atoms with Crippen LogP contribution < -0.4 is 15.8 Å². The molecule has 9 nitrogen and oxygen atoms in total. The number of nitrogens with one attached hydrogen (secondary N) is 1. The van der Waals surface area contributed by atoms with Crippen LogP contribution in [0.4, 0.5) is 5.69 Å². The number of esters is 1. The van der Waals surface area contributed by atoms with Crippen LogP contribution in [-0.2, 0) is 27.4 Å². The molecule has 1 aromatic heterocycles. The number of hydrogen-bond acceptors (Lipinski definition) is 7. The minimum Gasteiger partial charge on any atom is -0.466 e. The molecule has 0 radical (unpaired) electrons. The Kier molecular flexibility index (Phi) is 8.55. The summed E-state index contributed by atoms with van der Waals surface area (Å²) in [6.07, 6.45) is 0.290. The number of rotatable bonds is 9. The van der Waals surface area contributed by atoms with Gasteiger partial charge in [-0.15, -0.1) is 0 Å². The van der Waals surface area contributed by atoms with E-state index in [9.17, 15) is 14.4 Å². The summed E-state index contributed by atoms with van der Waals surface area (Å²) in [6, 6.07) is 13.4. The van der Waals surface area contributed by atoms with Gasteiger partial charge in [-0.1, -0.05) is 30.3 Å². The molecule has 4 rings (SSSR count). The van der Waals surface area contributed by atoms with Crippen LogP contribution in [-0.4, -0.2) is 65.9 Å². The smallest absolute Gasteiger partial charge is 0.311 e. The van der Waals surface area contributed by atoms with Crippen molar-refractivity contribution in [2.45, 2.75) is 40.3 Å². The second kappa shape index (κ2) is 12.0. The van der Waals surface area contributed by atoms with E-state index in [1.54, 1.807) is 31.2 Å². The number of carbonyl (C=O) groups excluding carboxylic acids is 2. The lowest BCUT2D eigenvalue weighted by Crippen LogP contribution is -2.47. The molecule has 196 valence electrons. The first kappa shape index (κ1) is 26.3. The van der Waals surface area contributed by atoms with Crippen LogP contribution in [0, 0.1) is 13.8 Å². The Morgan fingerprint density at radius 3 is 2.46 bits per heavy atom. The lowest BCUT2D eigenvalue weighted by molar-refractivity contribution is -0.142. The molecule has 0 unspecified atom stereocenters. The Morgan fingerprint density at radius 2 is 1.73 bits per heavy atom. The lowest BCUT2D eigenvalue weighted by atomic mass is 10.1. The second-order valence-corrected chi connectivity index (χ2v) is 9.33. The highest BCUT2D eigenvalue weighted by Crippen LogP contribution is 2.23. The van der Waals surface area contributed by atoms with Gasteiger partial charge in [-0.2, -0.15) is 5.10 Å². The number of ether oxygens (including phenoxy) is 1. The first-order chi connectivity index (χ1) is 17.9. The maximum atomic E-state index is 12.9. The summed E-state index contributed by atoms with van der Waals surface area (Å²) in [5.74, 6) is -0.558. The zero-order valence-corrected chi connectivity index (χ0v) is 21.8. The van der Waals surface area contributed by atoms with E-state index in [1.807, 2.05) is 0 Å². The van der Waals surface area contributed by atoms with Gasteiger partial charge >= 0.3 is 5.97 Å². The predicted molar refractivity (Wildman–Crippen MR) is 144 cm³/mol. The number of nitrogens with zero attached hydrogens (tertiary/aromatic N) is 4. The van der Waals surface area contributed by atoms with Crippen LogP contribution in [0.5, 0.6) is 0 Å². The number of hydrogen-bond donors (Lipinski definition) is 1. The third-order valence-electron chi connectivity index (χ3n) is 6.93. The van der Waals surface area contributed by atoms with Crippen LogP contribution in [0.15, 0.2) is 47.3 Å². The van der Waals surface area contributed by atoms with Crippen molar-refractivity contribution in [1.29, 1.82) is 0 Å². The zero-order chi connectivity index (χ0) is 26.4. The maximum absolute atomic E-state index is 12.9.